The van der Waals surface area contributed by atoms with Crippen molar-refractivity contribution in [2.75, 3.05) is 6.54 Å². The summed E-state index contributed by atoms with van der Waals surface area (Å²) in [5.74, 6) is -1.14. The molecule has 10 heteroatoms. The van der Waals surface area contributed by atoms with Gasteiger partial charge in [0.1, 0.15) is 16.4 Å². The second-order valence-corrected chi connectivity index (χ2v) is 4.56. The van der Waals surface area contributed by atoms with E-state index in [0.29, 0.717) is 10.7 Å². The van der Waals surface area contributed by atoms with Crippen molar-refractivity contribution in [3.05, 3.63) is 15.6 Å². The first-order valence-corrected chi connectivity index (χ1v) is 5.78. The van der Waals surface area contributed by atoms with Gasteiger partial charge in [-0.05, 0) is 6.92 Å². The third kappa shape index (κ3) is 5.12. The number of carbonyl (C=O) groups excluding carboxylic acids is 1. The van der Waals surface area contributed by atoms with Crippen molar-refractivity contribution in [3.63, 3.8) is 0 Å². The van der Waals surface area contributed by atoms with Crippen molar-refractivity contribution < 1.29 is 27.9 Å². The Hall–Kier alpha value is -1.84. The zero-order chi connectivity index (χ0) is 14.6. The van der Waals surface area contributed by atoms with Crippen molar-refractivity contribution in [2.24, 2.45) is 0 Å². The monoisotopic (exact) mass is 297 g/mol. The SMILES string of the molecule is Cc1nc(CNC(=O)NCC(F)(F)F)sc1C(=O)O. The van der Waals surface area contributed by atoms with Gasteiger partial charge < -0.3 is 15.7 Å². The average Bonchev–Trinajstić information content (AvgIpc) is 2.64. The molecule has 19 heavy (non-hydrogen) atoms. The number of alkyl halides is 3. The molecule has 0 aromatic carbocycles. The molecule has 0 unspecified atom stereocenters. The number of hydrogen-bond donors (Lipinski definition) is 3. The summed E-state index contributed by atoms with van der Waals surface area (Å²) >= 11 is 0.858. The molecule has 6 nitrogen and oxygen atoms in total. The van der Waals surface area contributed by atoms with E-state index < -0.39 is 24.7 Å². The molecule has 0 aliphatic rings. The van der Waals surface area contributed by atoms with Crippen LogP contribution >= 0.6 is 11.3 Å². The molecule has 1 heterocycles. The van der Waals surface area contributed by atoms with Crippen LogP contribution in [0.2, 0.25) is 0 Å². The second kappa shape index (κ2) is 5.87. The van der Waals surface area contributed by atoms with Crippen molar-refractivity contribution in [1.82, 2.24) is 15.6 Å². The molecule has 0 saturated heterocycles. The van der Waals surface area contributed by atoms with Crippen LogP contribution < -0.4 is 10.6 Å². The summed E-state index contributed by atoms with van der Waals surface area (Å²) in [4.78, 5) is 25.7. The number of rotatable bonds is 4. The lowest BCUT2D eigenvalue weighted by atomic mass is 10.4. The average molecular weight is 297 g/mol. The number of aromatic carboxylic acids is 1. The van der Waals surface area contributed by atoms with Crippen LogP contribution in [0.1, 0.15) is 20.4 Å². The molecule has 1 aromatic rings. The lowest BCUT2D eigenvalue weighted by Crippen LogP contribution is -2.40. The zero-order valence-corrected chi connectivity index (χ0v) is 10.5. The number of halogens is 3. The lowest BCUT2D eigenvalue weighted by Gasteiger charge is -2.08. The van der Waals surface area contributed by atoms with Gasteiger partial charge in [-0.1, -0.05) is 0 Å². The Morgan fingerprint density at radius 3 is 2.47 bits per heavy atom. The Balaban J connectivity index is 2.47. The van der Waals surface area contributed by atoms with Gasteiger partial charge in [-0.3, -0.25) is 0 Å². The number of carboxylic acids is 1. The summed E-state index contributed by atoms with van der Waals surface area (Å²) in [7, 11) is 0. The third-order valence-electron chi connectivity index (χ3n) is 1.88. The fourth-order valence-electron chi connectivity index (χ4n) is 1.13. The quantitative estimate of drug-likeness (QED) is 0.785. The molecule has 0 saturated carbocycles. The Morgan fingerprint density at radius 2 is 2.00 bits per heavy atom. The first-order valence-electron chi connectivity index (χ1n) is 4.97. The van der Waals surface area contributed by atoms with Gasteiger partial charge in [-0.15, -0.1) is 11.3 Å². The highest BCUT2D eigenvalue weighted by molar-refractivity contribution is 7.13. The van der Waals surface area contributed by atoms with Crippen molar-refractivity contribution >= 4 is 23.3 Å². The smallest absolute Gasteiger partial charge is 0.405 e. The summed E-state index contributed by atoms with van der Waals surface area (Å²) in [6.45, 7) is -0.0776. The minimum Gasteiger partial charge on any atom is -0.477 e. The largest absolute Gasteiger partial charge is 0.477 e. The summed E-state index contributed by atoms with van der Waals surface area (Å²) in [5, 5.41) is 12.9. The van der Waals surface area contributed by atoms with Crippen molar-refractivity contribution in [2.45, 2.75) is 19.6 Å². The number of carboxylic acid groups (broad SMARTS) is 1. The van der Waals surface area contributed by atoms with E-state index in [1.54, 1.807) is 5.32 Å². The molecule has 0 aliphatic carbocycles. The predicted molar refractivity (Wildman–Crippen MR) is 60.1 cm³/mol. The van der Waals surface area contributed by atoms with Crippen molar-refractivity contribution in [3.8, 4) is 0 Å². The minimum atomic E-state index is -4.48. The summed E-state index contributed by atoms with van der Waals surface area (Å²) in [6, 6.07) is -0.998. The summed E-state index contributed by atoms with van der Waals surface area (Å²) < 4.78 is 35.4. The fourth-order valence-corrected chi connectivity index (χ4v) is 1.97. The fraction of sp³-hybridized carbons (Fsp3) is 0.444. The Kier molecular flexibility index (Phi) is 4.70. The molecular weight excluding hydrogens is 287 g/mol. The number of nitrogens with zero attached hydrogens (tertiary/aromatic N) is 1. The zero-order valence-electron chi connectivity index (χ0n) is 9.67. The van der Waals surface area contributed by atoms with E-state index in [4.69, 9.17) is 5.11 Å². The number of thiazole rings is 1. The highest BCUT2D eigenvalue weighted by Gasteiger charge is 2.27. The Bertz CT molecular complexity index is 487. The second-order valence-electron chi connectivity index (χ2n) is 3.48. The van der Waals surface area contributed by atoms with E-state index in [1.165, 1.54) is 6.92 Å². The maximum absolute atomic E-state index is 11.8. The van der Waals surface area contributed by atoms with Crippen LogP contribution in [0, 0.1) is 6.92 Å². The van der Waals surface area contributed by atoms with Crippen LogP contribution in [0.3, 0.4) is 0 Å². The van der Waals surface area contributed by atoms with E-state index in [1.807, 2.05) is 0 Å². The van der Waals surface area contributed by atoms with E-state index in [-0.39, 0.29) is 11.4 Å². The molecule has 1 aromatic heterocycles. The number of aromatic nitrogens is 1. The van der Waals surface area contributed by atoms with E-state index >= 15 is 0 Å². The molecule has 0 bridgehead atoms. The van der Waals surface area contributed by atoms with Gasteiger partial charge in [0.25, 0.3) is 0 Å². The molecule has 0 spiro atoms. The molecule has 0 aliphatic heterocycles. The van der Waals surface area contributed by atoms with E-state index in [9.17, 15) is 22.8 Å². The first-order chi connectivity index (χ1) is 8.69. The summed E-state index contributed by atoms with van der Waals surface area (Å²) in [5.41, 5.74) is 0.296. The highest BCUT2D eigenvalue weighted by atomic mass is 32.1. The van der Waals surface area contributed by atoms with Crippen LogP contribution in [0.25, 0.3) is 0 Å². The lowest BCUT2D eigenvalue weighted by molar-refractivity contribution is -0.122. The van der Waals surface area contributed by atoms with Gasteiger partial charge in [-0.25, -0.2) is 14.6 Å². The topological polar surface area (TPSA) is 91.3 Å². The molecule has 2 amide bonds. The van der Waals surface area contributed by atoms with Crippen LogP contribution in [-0.4, -0.2) is 34.8 Å². The number of aryl methyl sites for hydroxylation is 1. The Labute approximate surface area is 109 Å². The van der Waals surface area contributed by atoms with Crippen molar-refractivity contribution in [1.29, 1.82) is 0 Å². The molecule has 1 rings (SSSR count). The van der Waals surface area contributed by atoms with Gasteiger partial charge in [-0.2, -0.15) is 13.2 Å². The first kappa shape index (κ1) is 15.2. The van der Waals surface area contributed by atoms with Crippen LogP contribution in [-0.2, 0) is 6.54 Å². The number of carbonyl (C=O) groups is 2. The number of hydrogen-bond acceptors (Lipinski definition) is 4. The summed E-state index contributed by atoms with van der Waals surface area (Å²) in [6.07, 6.45) is -4.48. The van der Waals surface area contributed by atoms with Crippen LogP contribution in [0.15, 0.2) is 0 Å². The molecule has 0 radical (unpaired) electrons. The number of amides is 2. The number of urea groups is 1. The van der Waals surface area contributed by atoms with E-state index in [0.717, 1.165) is 11.3 Å². The molecule has 0 atom stereocenters. The normalized spacial score (nSPS) is 11.2. The van der Waals surface area contributed by atoms with Gasteiger partial charge in [0.05, 0.1) is 12.2 Å². The van der Waals surface area contributed by atoms with Gasteiger partial charge >= 0.3 is 18.2 Å². The van der Waals surface area contributed by atoms with Crippen LogP contribution in [0.5, 0.6) is 0 Å². The van der Waals surface area contributed by atoms with Crippen LogP contribution in [0.4, 0.5) is 18.0 Å². The minimum absolute atomic E-state index is 0.0347. The van der Waals surface area contributed by atoms with Gasteiger partial charge in [0, 0.05) is 0 Å². The molecule has 3 N–H and O–H groups in total. The molecule has 0 fully saturated rings. The number of nitrogens with one attached hydrogen (secondary N) is 2. The third-order valence-corrected chi connectivity index (χ3v) is 3.03. The standard InChI is InChI=1S/C9H10F3N3O3S/c1-4-6(7(16)17)19-5(15-4)2-13-8(18)14-3-9(10,11)12/h2-3H2,1H3,(H,16,17)(H2,13,14,18). The maximum Gasteiger partial charge on any atom is 0.405 e. The van der Waals surface area contributed by atoms with Gasteiger partial charge in [0.2, 0.25) is 0 Å². The predicted octanol–water partition coefficient (Wildman–Crippen LogP) is 1.51. The molecule has 106 valence electrons. The molecular formula is C9H10F3N3O3S. The van der Waals surface area contributed by atoms with E-state index in [2.05, 4.69) is 10.3 Å². The van der Waals surface area contributed by atoms with Gasteiger partial charge in [0.15, 0.2) is 0 Å². The Morgan fingerprint density at radius 1 is 1.37 bits per heavy atom. The maximum atomic E-state index is 11.8. The highest BCUT2D eigenvalue weighted by Crippen LogP contribution is 2.17.